The zero-order chi connectivity index (χ0) is 15.4. The second-order valence-corrected chi connectivity index (χ2v) is 5.60. The highest BCUT2D eigenvalue weighted by Crippen LogP contribution is 2.19. The zero-order valence-electron chi connectivity index (χ0n) is 13.2. The fourth-order valence-electron chi connectivity index (χ4n) is 2.77. The molecule has 2 atom stereocenters. The lowest BCUT2D eigenvalue weighted by atomic mass is 10.1. The van der Waals surface area contributed by atoms with E-state index in [-0.39, 0.29) is 12.0 Å². The number of likely N-dealkylation sites (N-methyl/N-ethyl adjacent to an activating group) is 2. The van der Waals surface area contributed by atoms with Gasteiger partial charge in [0.15, 0.2) is 0 Å². The van der Waals surface area contributed by atoms with Crippen molar-refractivity contribution in [1.82, 2.24) is 9.80 Å². The number of hydrogen-bond acceptors (Lipinski definition) is 4. The van der Waals surface area contributed by atoms with Gasteiger partial charge in [0.1, 0.15) is 5.75 Å². The molecule has 0 unspecified atom stereocenters. The van der Waals surface area contributed by atoms with E-state index in [4.69, 9.17) is 9.47 Å². The number of ether oxygens (including phenoxy) is 2. The van der Waals surface area contributed by atoms with Gasteiger partial charge in [-0.2, -0.15) is 0 Å². The van der Waals surface area contributed by atoms with Gasteiger partial charge in [0.05, 0.1) is 13.2 Å². The van der Waals surface area contributed by atoms with Crippen LogP contribution in [0.25, 0.3) is 0 Å². The SMILES string of the molecule is COc1ccc(C(=O)N(C)C[C@@H]2C[C@H](OC)CN2C)cc1. The van der Waals surface area contributed by atoms with Gasteiger partial charge in [-0.3, -0.25) is 9.69 Å². The van der Waals surface area contributed by atoms with Crippen molar-refractivity contribution in [2.24, 2.45) is 0 Å². The summed E-state index contributed by atoms with van der Waals surface area (Å²) in [7, 11) is 7.29. The molecule has 1 aliphatic rings. The minimum Gasteiger partial charge on any atom is -0.497 e. The molecule has 0 N–H and O–H groups in total. The van der Waals surface area contributed by atoms with Crippen LogP contribution >= 0.6 is 0 Å². The molecular formula is C16H24N2O3. The summed E-state index contributed by atoms with van der Waals surface area (Å²) in [6, 6.07) is 7.57. The Labute approximate surface area is 126 Å². The lowest BCUT2D eigenvalue weighted by Crippen LogP contribution is -2.39. The summed E-state index contributed by atoms with van der Waals surface area (Å²) in [5.41, 5.74) is 0.683. The van der Waals surface area contributed by atoms with E-state index in [1.54, 1.807) is 31.3 Å². The molecule has 1 aromatic carbocycles. The summed E-state index contributed by atoms with van der Waals surface area (Å²) in [5, 5.41) is 0. The molecule has 5 nitrogen and oxygen atoms in total. The number of amides is 1. The van der Waals surface area contributed by atoms with Crippen LogP contribution in [-0.2, 0) is 4.74 Å². The third-order valence-corrected chi connectivity index (χ3v) is 4.15. The van der Waals surface area contributed by atoms with E-state index < -0.39 is 0 Å². The molecule has 116 valence electrons. The topological polar surface area (TPSA) is 42.0 Å². The van der Waals surface area contributed by atoms with Crippen molar-refractivity contribution in [2.75, 3.05) is 41.4 Å². The predicted octanol–water partition coefficient (Wildman–Crippen LogP) is 1.49. The second kappa shape index (κ2) is 6.91. The minimum atomic E-state index is 0.0342. The second-order valence-electron chi connectivity index (χ2n) is 5.60. The van der Waals surface area contributed by atoms with E-state index >= 15 is 0 Å². The number of rotatable bonds is 5. The Morgan fingerprint density at radius 2 is 2.00 bits per heavy atom. The zero-order valence-corrected chi connectivity index (χ0v) is 13.2. The van der Waals surface area contributed by atoms with Gasteiger partial charge in [0.25, 0.3) is 5.91 Å². The molecule has 1 heterocycles. The smallest absolute Gasteiger partial charge is 0.253 e. The average molecular weight is 292 g/mol. The monoisotopic (exact) mass is 292 g/mol. The van der Waals surface area contributed by atoms with E-state index in [1.165, 1.54) is 0 Å². The number of carbonyl (C=O) groups is 1. The van der Waals surface area contributed by atoms with Gasteiger partial charge in [0.2, 0.25) is 0 Å². The molecule has 1 aliphatic heterocycles. The fraction of sp³-hybridized carbons (Fsp3) is 0.562. The predicted molar refractivity (Wildman–Crippen MR) is 81.8 cm³/mol. The van der Waals surface area contributed by atoms with Crippen molar-refractivity contribution in [3.05, 3.63) is 29.8 Å². The summed E-state index contributed by atoms with van der Waals surface area (Å²) in [5.74, 6) is 0.791. The van der Waals surface area contributed by atoms with Crippen molar-refractivity contribution in [3.63, 3.8) is 0 Å². The first kappa shape index (κ1) is 15.8. The molecule has 0 saturated carbocycles. The largest absolute Gasteiger partial charge is 0.497 e. The van der Waals surface area contributed by atoms with Gasteiger partial charge in [-0.05, 0) is 37.7 Å². The Balaban J connectivity index is 1.96. The first-order valence-electron chi connectivity index (χ1n) is 7.17. The van der Waals surface area contributed by atoms with E-state index in [1.807, 2.05) is 19.2 Å². The van der Waals surface area contributed by atoms with Crippen LogP contribution in [0.3, 0.4) is 0 Å². The summed E-state index contributed by atoms with van der Waals surface area (Å²) in [6.45, 7) is 1.63. The van der Waals surface area contributed by atoms with Gasteiger partial charge in [-0.15, -0.1) is 0 Å². The van der Waals surface area contributed by atoms with E-state index in [0.29, 0.717) is 18.2 Å². The Kier molecular flexibility index (Phi) is 5.20. The Morgan fingerprint density at radius 1 is 1.33 bits per heavy atom. The van der Waals surface area contributed by atoms with Crippen molar-refractivity contribution in [3.8, 4) is 5.75 Å². The number of carbonyl (C=O) groups excluding carboxylic acids is 1. The number of likely N-dealkylation sites (tertiary alicyclic amines) is 1. The van der Waals surface area contributed by atoms with Crippen molar-refractivity contribution < 1.29 is 14.3 Å². The first-order chi connectivity index (χ1) is 10.0. The molecule has 0 aromatic heterocycles. The van der Waals surface area contributed by atoms with Crippen LogP contribution in [0.2, 0.25) is 0 Å². The van der Waals surface area contributed by atoms with E-state index in [0.717, 1.165) is 18.7 Å². The van der Waals surface area contributed by atoms with Crippen LogP contribution < -0.4 is 4.74 Å². The minimum absolute atomic E-state index is 0.0342. The third kappa shape index (κ3) is 3.74. The number of methoxy groups -OCH3 is 2. The summed E-state index contributed by atoms with van der Waals surface area (Å²) in [4.78, 5) is 16.5. The highest BCUT2D eigenvalue weighted by molar-refractivity contribution is 5.94. The van der Waals surface area contributed by atoms with Crippen LogP contribution in [-0.4, -0.2) is 69.3 Å². The summed E-state index contributed by atoms with van der Waals surface area (Å²) < 4.78 is 10.5. The van der Waals surface area contributed by atoms with Gasteiger partial charge in [-0.25, -0.2) is 0 Å². The fourth-order valence-corrected chi connectivity index (χ4v) is 2.77. The van der Waals surface area contributed by atoms with E-state index in [9.17, 15) is 4.79 Å². The van der Waals surface area contributed by atoms with Gasteiger partial charge in [-0.1, -0.05) is 0 Å². The first-order valence-corrected chi connectivity index (χ1v) is 7.17. The van der Waals surface area contributed by atoms with Gasteiger partial charge in [0, 0.05) is 38.9 Å². The van der Waals surface area contributed by atoms with Crippen LogP contribution in [0, 0.1) is 0 Å². The van der Waals surface area contributed by atoms with Crippen LogP contribution in [0.5, 0.6) is 5.75 Å². The number of hydrogen-bond donors (Lipinski definition) is 0. The maximum absolute atomic E-state index is 12.4. The van der Waals surface area contributed by atoms with E-state index in [2.05, 4.69) is 11.9 Å². The maximum Gasteiger partial charge on any atom is 0.253 e. The molecule has 0 spiro atoms. The van der Waals surface area contributed by atoms with Gasteiger partial charge < -0.3 is 14.4 Å². The lowest BCUT2D eigenvalue weighted by molar-refractivity contribution is 0.0760. The average Bonchev–Trinajstić information content (AvgIpc) is 2.86. The highest BCUT2D eigenvalue weighted by Gasteiger charge is 2.31. The molecule has 1 amide bonds. The molecule has 1 fully saturated rings. The Morgan fingerprint density at radius 3 is 2.52 bits per heavy atom. The van der Waals surface area contributed by atoms with Crippen LogP contribution in [0.15, 0.2) is 24.3 Å². The van der Waals surface area contributed by atoms with Crippen LogP contribution in [0.1, 0.15) is 16.8 Å². The number of benzene rings is 1. The highest BCUT2D eigenvalue weighted by atomic mass is 16.5. The number of nitrogens with zero attached hydrogens (tertiary/aromatic N) is 2. The summed E-state index contributed by atoms with van der Waals surface area (Å²) >= 11 is 0. The van der Waals surface area contributed by atoms with Crippen molar-refractivity contribution in [2.45, 2.75) is 18.6 Å². The molecule has 0 radical (unpaired) electrons. The standard InChI is InChI=1S/C16H24N2O3/c1-17-11-15(21-4)9-13(17)10-18(2)16(19)12-5-7-14(20-3)8-6-12/h5-8,13,15H,9-11H2,1-4H3/t13-,15-/m0/s1. The quantitative estimate of drug-likeness (QED) is 0.824. The molecule has 2 rings (SSSR count). The molecule has 5 heteroatoms. The van der Waals surface area contributed by atoms with Gasteiger partial charge >= 0.3 is 0 Å². The summed E-state index contributed by atoms with van der Waals surface area (Å²) in [6.07, 6.45) is 1.23. The Bertz CT molecular complexity index is 475. The van der Waals surface area contributed by atoms with Crippen molar-refractivity contribution >= 4 is 5.91 Å². The molecule has 1 aromatic rings. The van der Waals surface area contributed by atoms with Crippen molar-refractivity contribution in [1.29, 1.82) is 0 Å². The normalized spacial score (nSPS) is 22.3. The molecular weight excluding hydrogens is 268 g/mol. The molecule has 21 heavy (non-hydrogen) atoms. The molecule has 1 saturated heterocycles. The maximum atomic E-state index is 12.4. The lowest BCUT2D eigenvalue weighted by Gasteiger charge is -2.25. The van der Waals surface area contributed by atoms with Crippen LogP contribution in [0.4, 0.5) is 0 Å². The Hall–Kier alpha value is -1.59. The molecule has 0 bridgehead atoms. The third-order valence-electron chi connectivity index (χ3n) is 4.15. The molecule has 0 aliphatic carbocycles.